The first kappa shape index (κ1) is 21.0. The number of rotatable bonds is 5. The maximum Gasteiger partial charge on any atom is 0.282 e. The number of fused-ring (bicyclic) bond motifs is 1. The van der Waals surface area contributed by atoms with Crippen LogP contribution in [0.3, 0.4) is 0 Å². The van der Waals surface area contributed by atoms with E-state index < -0.39 is 11.8 Å². The standard InChI is InChI=1S/C24H20F3N5O/c1-2-16-17(4-3-5-19(16)25)14-6-8-20-18(10-14)22(31-30-20)23(33)29-15-7-9-21(28-11-15)32-12-24(26,27)13-32/h3-11H,2,12-13H2,1H3,(H,29,33)(H,30,31). The molecular formula is C24H20F3N5O. The Morgan fingerprint density at radius 2 is 2.00 bits per heavy atom. The number of nitrogens with one attached hydrogen (secondary N) is 2. The van der Waals surface area contributed by atoms with E-state index in [1.54, 1.807) is 24.3 Å². The van der Waals surface area contributed by atoms with Gasteiger partial charge in [0.25, 0.3) is 11.8 Å². The van der Waals surface area contributed by atoms with E-state index in [9.17, 15) is 18.0 Å². The highest BCUT2D eigenvalue weighted by molar-refractivity contribution is 6.11. The molecule has 5 rings (SSSR count). The number of hydrogen-bond acceptors (Lipinski definition) is 4. The minimum absolute atomic E-state index is 0.188. The first-order valence-corrected chi connectivity index (χ1v) is 10.5. The minimum Gasteiger partial charge on any atom is -0.344 e. The Bertz CT molecular complexity index is 1340. The molecule has 1 fully saturated rings. The fourth-order valence-electron chi connectivity index (χ4n) is 4.05. The zero-order valence-corrected chi connectivity index (χ0v) is 17.7. The van der Waals surface area contributed by atoms with Crippen LogP contribution in [0.5, 0.6) is 0 Å². The predicted molar refractivity (Wildman–Crippen MR) is 120 cm³/mol. The normalized spacial score (nSPS) is 14.8. The number of benzene rings is 2. The summed E-state index contributed by atoms with van der Waals surface area (Å²) >= 11 is 0. The zero-order chi connectivity index (χ0) is 23.2. The van der Waals surface area contributed by atoms with Gasteiger partial charge >= 0.3 is 0 Å². The Morgan fingerprint density at radius 3 is 2.70 bits per heavy atom. The van der Waals surface area contributed by atoms with E-state index in [4.69, 9.17) is 0 Å². The molecule has 1 amide bonds. The average Bonchev–Trinajstić information content (AvgIpc) is 3.21. The first-order chi connectivity index (χ1) is 15.8. The van der Waals surface area contributed by atoms with Gasteiger partial charge in [-0.15, -0.1) is 0 Å². The topological polar surface area (TPSA) is 73.9 Å². The number of nitrogens with zero attached hydrogens (tertiary/aromatic N) is 3. The van der Waals surface area contributed by atoms with Crippen molar-refractivity contribution in [2.45, 2.75) is 19.3 Å². The highest BCUT2D eigenvalue weighted by Crippen LogP contribution is 2.32. The lowest BCUT2D eigenvalue weighted by molar-refractivity contribution is -0.0267. The molecule has 33 heavy (non-hydrogen) atoms. The van der Waals surface area contributed by atoms with Crippen LogP contribution < -0.4 is 10.2 Å². The lowest BCUT2D eigenvalue weighted by Crippen LogP contribution is -2.56. The Kier molecular flexibility index (Phi) is 5.03. The molecule has 0 bridgehead atoms. The van der Waals surface area contributed by atoms with Gasteiger partial charge in [0.2, 0.25) is 0 Å². The lowest BCUT2D eigenvalue weighted by Gasteiger charge is -2.39. The highest BCUT2D eigenvalue weighted by Gasteiger charge is 2.44. The van der Waals surface area contributed by atoms with Gasteiger partial charge in [0.05, 0.1) is 30.5 Å². The summed E-state index contributed by atoms with van der Waals surface area (Å²) in [5.41, 5.74) is 3.44. The molecule has 0 unspecified atom stereocenters. The summed E-state index contributed by atoms with van der Waals surface area (Å²) in [4.78, 5) is 18.5. The molecule has 168 valence electrons. The molecule has 9 heteroatoms. The summed E-state index contributed by atoms with van der Waals surface area (Å²) in [6.07, 6.45) is 1.96. The molecule has 4 aromatic rings. The zero-order valence-electron chi connectivity index (χ0n) is 17.7. The molecule has 6 nitrogen and oxygen atoms in total. The summed E-state index contributed by atoms with van der Waals surface area (Å²) in [5, 5.41) is 10.3. The SMILES string of the molecule is CCc1c(F)cccc1-c1ccc2[nH]nc(C(=O)Nc3ccc(N4CC(F)(F)C4)nc3)c2c1. The van der Waals surface area contributed by atoms with Gasteiger partial charge in [-0.1, -0.05) is 25.1 Å². The first-order valence-electron chi connectivity index (χ1n) is 10.5. The van der Waals surface area contributed by atoms with Gasteiger partial charge in [-0.25, -0.2) is 18.2 Å². The number of H-pyrrole nitrogens is 1. The summed E-state index contributed by atoms with van der Waals surface area (Å²) in [6.45, 7) is 1.17. The molecule has 2 aromatic heterocycles. The third-order valence-electron chi connectivity index (χ3n) is 5.74. The Balaban J connectivity index is 1.39. The van der Waals surface area contributed by atoms with E-state index in [-0.39, 0.29) is 24.6 Å². The number of carbonyl (C=O) groups is 1. The quantitative estimate of drug-likeness (QED) is 0.446. The van der Waals surface area contributed by atoms with Crippen LogP contribution in [0.2, 0.25) is 0 Å². The van der Waals surface area contributed by atoms with Gasteiger partial charge in [0, 0.05) is 5.39 Å². The van der Waals surface area contributed by atoms with E-state index in [1.807, 2.05) is 25.1 Å². The van der Waals surface area contributed by atoms with Crippen molar-refractivity contribution in [2.24, 2.45) is 0 Å². The van der Waals surface area contributed by atoms with Crippen LogP contribution in [-0.4, -0.2) is 40.1 Å². The van der Waals surface area contributed by atoms with Crippen molar-refractivity contribution in [2.75, 3.05) is 23.3 Å². The van der Waals surface area contributed by atoms with Crippen LogP contribution in [0.25, 0.3) is 22.0 Å². The van der Waals surface area contributed by atoms with E-state index in [2.05, 4.69) is 20.5 Å². The van der Waals surface area contributed by atoms with Gasteiger partial charge in [0.1, 0.15) is 11.6 Å². The fourth-order valence-corrected chi connectivity index (χ4v) is 4.05. The number of carbonyl (C=O) groups excluding carboxylic acids is 1. The summed E-state index contributed by atoms with van der Waals surface area (Å²) in [7, 11) is 0. The highest BCUT2D eigenvalue weighted by atomic mass is 19.3. The monoisotopic (exact) mass is 451 g/mol. The molecule has 0 saturated carbocycles. The Hall–Kier alpha value is -3.88. The minimum atomic E-state index is -2.68. The average molecular weight is 451 g/mol. The van der Waals surface area contributed by atoms with Crippen LogP contribution in [0.4, 0.5) is 24.7 Å². The van der Waals surface area contributed by atoms with Crippen molar-refractivity contribution < 1.29 is 18.0 Å². The molecular weight excluding hydrogens is 431 g/mol. The molecule has 1 saturated heterocycles. The van der Waals surface area contributed by atoms with Crippen LogP contribution in [-0.2, 0) is 6.42 Å². The molecule has 0 spiro atoms. The van der Waals surface area contributed by atoms with Crippen molar-refractivity contribution in [3.05, 3.63) is 71.8 Å². The number of halogens is 3. The number of hydrogen-bond donors (Lipinski definition) is 2. The van der Waals surface area contributed by atoms with Crippen LogP contribution in [0.1, 0.15) is 23.0 Å². The summed E-state index contributed by atoms with van der Waals surface area (Å²) in [6, 6.07) is 13.6. The second kappa shape index (κ2) is 7.91. The Labute approximate surface area is 187 Å². The number of anilines is 2. The van der Waals surface area contributed by atoms with E-state index in [0.717, 1.165) is 11.1 Å². The number of alkyl halides is 2. The Morgan fingerprint density at radius 1 is 1.18 bits per heavy atom. The third kappa shape index (κ3) is 3.90. The maximum atomic E-state index is 14.3. The number of pyridine rings is 1. The van der Waals surface area contributed by atoms with Gasteiger partial charge in [-0.3, -0.25) is 9.89 Å². The van der Waals surface area contributed by atoms with Gasteiger partial charge in [-0.2, -0.15) is 5.10 Å². The smallest absolute Gasteiger partial charge is 0.282 e. The van der Waals surface area contributed by atoms with Crippen LogP contribution in [0, 0.1) is 5.82 Å². The van der Waals surface area contributed by atoms with Gasteiger partial charge in [-0.05, 0) is 53.4 Å². The molecule has 0 atom stereocenters. The maximum absolute atomic E-state index is 14.3. The van der Waals surface area contributed by atoms with Crippen molar-refractivity contribution in [1.29, 1.82) is 0 Å². The number of amides is 1. The van der Waals surface area contributed by atoms with Crippen molar-refractivity contribution in [3.63, 3.8) is 0 Å². The summed E-state index contributed by atoms with van der Waals surface area (Å²) in [5.74, 6) is -2.97. The molecule has 1 aliphatic heterocycles. The van der Waals surface area contributed by atoms with Gasteiger partial charge in [0.15, 0.2) is 5.69 Å². The largest absolute Gasteiger partial charge is 0.344 e. The fraction of sp³-hybridized carbons (Fsp3) is 0.208. The molecule has 1 aliphatic rings. The lowest BCUT2D eigenvalue weighted by atomic mass is 9.96. The predicted octanol–water partition coefficient (Wildman–Crippen LogP) is 5.03. The van der Waals surface area contributed by atoms with E-state index in [0.29, 0.717) is 34.4 Å². The van der Waals surface area contributed by atoms with Crippen LogP contribution >= 0.6 is 0 Å². The van der Waals surface area contributed by atoms with E-state index in [1.165, 1.54) is 17.2 Å². The number of aromatic nitrogens is 3. The molecule has 0 aliphatic carbocycles. The number of aromatic amines is 1. The van der Waals surface area contributed by atoms with E-state index >= 15 is 0 Å². The van der Waals surface area contributed by atoms with Crippen molar-refractivity contribution in [1.82, 2.24) is 15.2 Å². The second-order valence-electron chi connectivity index (χ2n) is 8.02. The van der Waals surface area contributed by atoms with Crippen molar-refractivity contribution >= 4 is 28.3 Å². The van der Waals surface area contributed by atoms with Gasteiger partial charge < -0.3 is 10.2 Å². The molecule has 2 N–H and O–H groups in total. The second-order valence-corrected chi connectivity index (χ2v) is 8.02. The molecule has 3 heterocycles. The third-order valence-corrected chi connectivity index (χ3v) is 5.74. The van der Waals surface area contributed by atoms with Crippen LogP contribution in [0.15, 0.2) is 54.7 Å². The summed E-state index contributed by atoms with van der Waals surface area (Å²) < 4.78 is 40.4. The molecule has 0 radical (unpaired) electrons. The molecule has 2 aromatic carbocycles. The van der Waals surface area contributed by atoms with Crippen molar-refractivity contribution in [3.8, 4) is 11.1 Å².